The molecule has 0 saturated heterocycles. The second-order valence-corrected chi connectivity index (χ2v) is 8.15. The molecular weight excluding hydrogens is 344 g/mol. The van der Waals surface area contributed by atoms with Gasteiger partial charge in [0.15, 0.2) is 5.03 Å². The molecule has 0 atom stereocenters. The van der Waals surface area contributed by atoms with E-state index < -0.39 is 9.84 Å². The van der Waals surface area contributed by atoms with Crippen molar-refractivity contribution in [3.8, 4) is 0 Å². The van der Waals surface area contributed by atoms with Crippen molar-refractivity contribution >= 4 is 32.2 Å². The van der Waals surface area contributed by atoms with Gasteiger partial charge in [0.05, 0.1) is 4.90 Å². The number of nitrogens with zero attached hydrogens (tertiary/aromatic N) is 2. The first kappa shape index (κ1) is 15.5. The third-order valence-electron chi connectivity index (χ3n) is 4.40. The number of halogens is 1. The van der Waals surface area contributed by atoms with Crippen LogP contribution in [0.25, 0.3) is 10.8 Å². The van der Waals surface area contributed by atoms with Crippen LogP contribution in [0.1, 0.15) is 24.1 Å². The highest BCUT2D eigenvalue weighted by atomic mass is 35.5. The number of fused-ring (bicyclic) bond motifs is 2. The van der Waals surface area contributed by atoms with E-state index in [9.17, 15) is 8.42 Å². The third kappa shape index (κ3) is 2.58. The standard InChI is InChI=1S/C18H15ClN2O2S/c19-18-20-16-8-4-3-7-15(16)17(21-18)24(22,23)14-10-9-12-5-1-2-6-13(12)11-14/h1-2,5-6,9-11H,3-4,7-8H2. The Kier molecular flexibility index (Phi) is 3.77. The topological polar surface area (TPSA) is 59.9 Å². The molecular formula is C18H15ClN2O2S. The van der Waals surface area contributed by atoms with Gasteiger partial charge in [-0.3, -0.25) is 0 Å². The number of hydrogen-bond acceptors (Lipinski definition) is 4. The van der Waals surface area contributed by atoms with E-state index in [0.29, 0.717) is 6.42 Å². The third-order valence-corrected chi connectivity index (χ3v) is 6.29. The van der Waals surface area contributed by atoms with Gasteiger partial charge in [0, 0.05) is 11.3 Å². The molecule has 4 rings (SSSR count). The fraction of sp³-hybridized carbons (Fsp3) is 0.222. The highest BCUT2D eigenvalue weighted by molar-refractivity contribution is 7.91. The molecule has 0 N–H and O–H groups in total. The van der Waals surface area contributed by atoms with Crippen LogP contribution in [0.5, 0.6) is 0 Å². The molecule has 6 heteroatoms. The van der Waals surface area contributed by atoms with E-state index in [1.54, 1.807) is 12.1 Å². The summed E-state index contributed by atoms with van der Waals surface area (Å²) in [5.41, 5.74) is 1.49. The van der Waals surface area contributed by atoms with Crippen LogP contribution in [0, 0.1) is 0 Å². The van der Waals surface area contributed by atoms with Crippen LogP contribution in [0.15, 0.2) is 52.4 Å². The van der Waals surface area contributed by atoms with Crippen LogP contribution in [0.2, 0.25) is 5.28 Å². The summed E-state index contributed by atoms with van der Waals surface area (Å²) in [4.78, 5) is 8.54. The minimum atomic E-state index is -3.73. The lowest BCUT2D eigenvalue weighted by molar-refractivity contribution is 0.582. The minimum Gasteiger partial charge on any atom is -0.223 e. The molecule has 2 aromatic carbocycles. The van der Waals surface area contributed by atoms with Crippen molar-refractivity contribution in [2.24, 2.45) is 0 Å². The molecule has 0 aliphatic heterocycles. The van der Waals surface area contributed by atoms with Gasteiger partial charge in [0.25, 0.3) is 0 Å². The summed E-state index contributed by atoms with van der Waals surface area (Å²) < 4.78 is 26.3. The van der Waals surface area contributed by atoms with Crippen LogP contribution in [0.4, 0.5) is 0 Å². The van der Waals surface area contributed by atoms with Gasteiger partial charge in [-0.2, -0.15) is 0 Å². The van der Waals surface area contributed by atoms with E-state index in [-0.39, 0.29) is 15.2 Å². The number of rotatable bonds is 2. The SMILES string of the molecule is O=S(=O)(c1ccc2ccccc2c1)c1nc(Cl)nc2c1CCCC2. The molecule has 1 aromatic heterocycles. The van der Waals surface area contributed by atoms with Crippen LogP contribution < -0.4 is 0 Å². The number of aromatic nitrogens is 2. The number of hydrogen-bond donors (Lipinski definition) is 0. The first-order valence-electron chi connectivity index (χ1n) is 7.85. The van der Waals surface area contributed by atoms with Crippen LogP contribution in [-0.4, -0.2) is 18.4 Å². The number of sulfone groups is 1. The lowest BCUT2D eigenvalue weighted by Gasteiger charge is -2.18. The largest absolute Gasteiger partial charge is 0.224 e. The Labute approximate surface area is 145 Å². The van der Waals surface area contributed by atoms with Crippen molar-refractivity contribution in [1.29, 1.82) is 0 Å². The Morgan fingerprint density at radius 1 is 0.917 bits per heavy atom. The Hall–Kier alpha value is -1.98. The van der Waals surface area contributed by atoms with Gasteiger partial charge in [-0.25, -0.2) is 18.4 Å². The van der Waals surface area contributed by atoms with E-state index in [2.05, 4.69) is 9.97 Å². The highest BCUT2D eigenvalue weighted by Crippen LogP contribution is 2.31. The molecule has 1 aliphatic rings. The van der Waals surface area contributed by atoms with Crippen LogP contribution in [0.3, 0.4) is 0 Å². The van der Waals surface area contributed by atoms with Gasteiger partial charge < -0.3 is 0 Å². The van der Waals surface area contributed by atoms with Gasteiger partial charge in [-0.05, 0) is 60.2 Å². The van der Waals surface area contributed by atoms with E-state index in [1.807, 2.05) is 30.3 Å². The quantitative estimate of drug-likeness (QED) is 0.513. The lowest BCUT2D eigenvalue weighted by Crippen LogP contribution is -2.15. The van der Waals surface area contributed by atoms with Crippen molar-refractivity contribution in [1.82, 2.24) is 9.97 Å². The van der Waals surface area contributed by atoms with Crippen molar-refractivity contribution in [3.05, 3.63) is 59.0 Å². The summed E-state index contributed by atoms with van der Waals surface area (Å²) in [6.45, 7) is 0. The Balaban J connectivity index is 1.92. The molecule has 0 saturated carbocycles. The normalized spacial score (nSPS) is 14.5. The van der Waals surface area contributed by atoms with E-state index in [1.165, 1.54) is 0 Å². The predicted octanol–water partition coefficient (Wildman–Crippen LogP) is 3.99. The highest BCUT2D eigenvalue weighted by Gasteiger charge is 2.28. The summed E-state index contributed by atoms with van der Waals surface area (Å²) in [5.74, 6) is 0. The van der Waals surface area contributed by atoms with Crippen molar-refractivity contribution < 1.29 is 8.42 Å². The van der Waals surface area contributed by atoms with Gasteiger partial charge in [0.1, 0.15) is 0 Å². The van der Waals surface area contributed by atoms with Crippen molar-refractivity contribution in [2.75, 3.05) is 0 Å². The molecule has 122 valence electrons. The molecule has 0 spiro atoms. The van der Waals surface area contributed by atoms with Gasteiger partial charge >= 0.3 is 0 Å². The van der Waals surface area contributed by atoms with Crippen LogP contribution in [-0.2, 0) is 22.7 Å². The molecule has 1 aliphatic carbocycles. The fourth-order valence-electron chi connectivity index (χ4n) is 3.20. The van der Waals surface area contributed by atoms with E-state index in [4.69, 9.17) is 11.6 Å². The van der Waals surface area contributed by atoms with Crippen molar-refractivity contribution in [2.45, 2.75) is 35.6 Å². The smallest absolute Gasteiger partial charge is 0.223 e. The van der Waals surface area contributed by atoms with Gasteiger partial charge in [0.2, 0.25) is 15.1 Å². The number of aryl methyl sites for hydroxylation is 1. The fourth-order valence-corrected chi connectivity index (χ4v) is 4.94. The maximum Gasteiger partial charge on any atom is 0.224 e. The Bertz CT molecular complexity index is 1050. The molecule has 0 bridgehead atoms. The van der Waals surface area contributed by atoms with E-state index >= 15 is 0 Å². The summed E-state index contributed by atoms with van der Waals surface area (Å²) >= 11 is 5.98. The molecule has 0 unspecified atom stereocenters. The van der Waals surface area contributed by atoms with Gasteiger partial charge in [-0.1, -0.05) is 30.3 Å². The molecule has 0 fully saturated rings. The summed E-state index contributed by atoms with van der Waals surface area (Å²) in [5, 5.41) is 1.94. The predicted molar refractivity (Wildman–Crippen MR) is 93.1 cm³/mol. The molecule has 0 amide bonds. The average Bonchev–Trinajstić information content (AvgIpc) is 2.60. The zero-order valence-corrected chi connectivity index (χ0v) is 14.4. The summed E-state index contributed by atoms with van der Waals surface area (Å²) in [6, 6.07) is 12.8. The molecule has 24 heavy (non-hydrogen) atoms. The molecule has 4 nitrogen and oxygen atoms in total. The monoisotopic (exact) mass is 358 g/mol. The minimum absolute atomic E-state index is 0.00462. The maximum absolute atomic E-state index is 13.2. The number of benzene rings is 2. The second-order valence-electron chi connectivity index (χ2n) is 5.94. The van der Waals surface area contributed by atoms with Crippen molar-refractivity contribution in [3.63, 3.8) is 0 Å². The first-order chi connectivity index (χ1) is 11.6. The Morgan fingerprint density at radius 3 is 2.50 bits per heavy atom. The molecule has 0 radical (unpaired) electrons. The lowest BCUT2D eigenvalue weighted by atomic mass is 9.98. The summed E-state index contributed by atoms with van der Waals surface area (Å²) in [7, 11) is -3.73. The van der Waals surface area contributed by atoms with Crippen LogP contribution >= 0.6 is 11.6 Å². The maximum atomic E-state index is 13.2. The zero-order valence-electron chi connectivity index (χ0n) is 12.9. The van der Waals surface area contributed by atoms with E-state index in [0.717, 1.165) is 41.3 Å². The average molecular weight is 359 g/mol. The zero-order chi connectivity index (χ0) is 16.7. The second kappa shape index (κ2) is 5.83. The molecule has 3 aromatic rings. The van der Waals surface area contributed by atoms with Gasteiger partial charge in [-0.15, -0.1) is 0 Å². The first-order valence-corrected chi connectivity index (χ1v) is 9.71. The molecule has 1 heterocycles. The Morgan fingerprint density at radius 2 is 1.67 bits per heavy atom. The summed E-state index contributed by atoms with van der Waals surface area (Å²) in [6.07, 6.45) is 3.36.